The second kappa shape index (κ2) is 4.98. The molecule has 1 unspecified atom stereocenters. The van der Waals surface area contributed by atoms with E-state index in [4.69, 9.17) is 0 Å². The second-order valence-electron chi connectivity index (χ2n) is 6.04. The summed E-state index contributed by atoms with van der Waals surface area (Å²) in [5, 5.41) is 27.4. The van der Waals surface area contributed by atoms with Crippen LogP contribution < -0.4 is 5.32 Å². The third kappa shape index (κ3) is 1.97. The third-order valence-corrected chi connectivity index (χ3v) is 4.61. The van der Waals surface area contributed by atoms with Crippen molar-refractivity contribution in [2.24, 2.45) is 0 Å². The first kappa shape index (κ1) is 13.9. The van der Waals surface area contributed by atoms with Crippen LogP contribution in [-0.2, 0) is 0 Å². The van der Waals surface area contributed by atoms with E-state index >= 15 is 0 Å². The van der Waals surface area contributed by atoms with Gasteiger partial charge in [-0.2, -0.15) is 5.10 Å². The van der Waals surface area contributed by atoms with Gasteiger partial charge in [-0.05, 0) is 29.8 Å². The Morgan fingerprint density at radius 2 is 1.88 bits per heavy atom. The molecule has 0 bridgehead atoms. The minimum atomic E-state index is -0.204. The summed E-state index contributed by atoms with van der Waals surface area (Å²) in [6, 6.07) is 14.7. The molecule has 0 aliphatic carbocycles. The fraction of sp³-hybridized carbons (Fsp3) is 0.0526. The molecule has 6 heteroatoms. The molecule has 0 radical (unpaired) electrons. The lowest BCUT2D eigenvalue weighted by Crippen LogP contribution is -2.11. The van der Waals surface area contributed by atoms with Crippen molar-refractivity contribution in [1.29, 1.82) is 0 Å². The Morgan fingerprint density at radius 1 is 1.00 bits per heavy atom. The highest BCUT2D eigenvalue weighted by atomic mass is 16.3. The Balaban J connectivity index is 1.83. The van der Waals surface area contributed by atoms with Crippen LogP contribution in [0.15, 0.2) is 61.1 Å². The number of anilines is 1. The number of rotatable bonds is 1. The van der Waals surface area contributed by atoms with E-state index in [0.29, 0.717) is 0 Å². The lowest BCUT2D eigenvalue weighted by molar-refractivity contribution is 0.403. The predicted octanol–water partition coefficient (Wildman–Crippen LogP) is 3.32. The number of nitrogens with one attached hydrogen (secondary N) is 1. The zero-order valence-corrected chi connectivity index (χ0v) is 13.1. The molecule has 1 atom stereocenters. The van der Waals surface area contributed by atoms with E-state index in [9.17, 15) is 10.2 Å². The maximum atomic E-state index is 9.93. The van der Waals surface area contributed by atoms with Gasteiger partial charge in [0, 0.05) is 23.0 Å². The highest BCUT2D eigenvalue weighted by Crippen LogP contribution is 2.42. The highest BCUT2D eigenvalue weighted by molar-refractivity contribution is 5.90. The molecule has 0 fully saturated rings. The van der Waals surface area contributed by atoms with Crippen LogP contribution in [0.4, 0.5) is 5.69 Å². The van der Waals surface area contributed by atoms with Gasteiger partial charge in [-0.15, -0.1) is 0 Å². The zero-order chi connectivity index (χ0) is 17.0. The molecule has 1 aliphatic rings. The van der Waals surface area contributed by atoms with Crippen LogP contribution in [0.25, 0.3) is 16.8 Å². The average Bonchev–Trinajstić information content (AvgIpc) is 3.00. The van der Waals surface area contributed by atoms with Crippen molar-refractivity contribution in [1.82, 2.24) is 14.6 Å². The van der Waals surface area contributed by atoms with Crippen molar-refractivity contribution in [2.45, 2.75) is 6.04 Å². The second-order valence-corrected chi connectivity index (χ2v) is 6.04. The topological polar surface area (TPSA) is 82.7 Å². The van der Waals surface area contributed by atoms with Crippen molar-refractivity contribution in [3.63, 3.8) is 0 Å². The summed E-state index contributed by atoms with van der Waals surface area (Å²) in [4.78, 5) is 4.51. The number of para-hydroxylation sites is 1. The lowest BCUT2D eigenvalue weighted by atomic mass is 9.99. The van der Waals surface area contributed by atoms with Crippen molar-refractivity contribution < 1.29 is 10.2 Å². The molecule has 1 aliphatic heterocycles. The van der Waals surface area contributed by atoms with Crippen LogP contribution in [0.1, 0.15) is 17.2 Å². The van der Waals surface area contributed by atoms with Crippen LogP contribution >= 0.6 is 0 Å². The molecule has 3 heterocycles. The van der Waals surface area contributed by atoms with E-state index in [1.54, 1.807) is 18.5 Å². The average molecular weight is 330 g/mol. The molecule has 5 rings (SSSR count). The maximum Gasteiger partial charge on any atom is 0.157 e. The molecule has 2 aromatic heterocycles. The van der Waals surface area contributed by atoms with Crippen molar-refractivity contribution in [3.05, 3.63) is 72.2 Å². The van der Waals surface area contributed by atoms with E-state index in [0.717, 1.165) is 33.6 Å². The largest absolute Gasteiger partial charge is 0.504 e. The standard InChI is InChI=1S/C19H14N4O2/c24-15-6-5-11(9-16(15)25)17-13-7-8-23-19(13)18(20-10-21-23)12-3-1-2-4-14(12)22-17/h1-10,17,22,24-25H. The van der Waals surface area contributed by atoms with Gasteiger partial charge in [0.25, 0.3) is 0 Å². The van der Waals surface area contributed by atoms with E-state index in [2.05, 4.69) is 15.4 Å². The fourth-order valence-corrected chi connectivity index (χ4v) is 3.44. The van der Waals surface area contributed by atoms with Gasteiger partial charge in [0.2, 0.25) is 0 Å². The molecule has 25 heavy (non-hydrogen) atoms. The maximum absolute atomic E-state index is 9.93. The summed E-state index contributed by atoms with van der Waals surface area (Å²) < 4.78 is 1.81. The van der Waals surface area contributed by atoms with Gasteiger partial charge in [0.05, 0.1) is 11.6 Å². The van der Waals surface area contributed by atoms with Gasteiger partial charge in [0.15, 0.2) is 11.5 Å². The van der Waals surface area contributed by atoms with Gasteiger partial charge in [0.1, 0.15) is 12.0 Å². The van der Waals surface area contributed by atoms with E-state index in [1.807, 2.05) is 41.0 Å². The normalized spacial score (nSPS) is 15.4. The number of phenols is 2. The van der Waals surface area contributed by atoms with Crippen LogP contribution in [0, 0.1) is 0 Å². The highest BCUT2D eigenvalue weighted by Gasteiger charge is 2.26. The predicted molar refractivity (Wildman–Crippen MR) is 93.7 cm³/mol. The summed E-state index contributed by atoms with van der Waals surface area (Å²) in [6.07, 6.45) is 3.45. The molecule has 0 amide bonds. The number of fused-ring (bicyclic) bond motifs is 2. The molecule has 122 valence electrons. The Kier molecular flexibility index (Phi) is 2.76. The SMILES string of the molecule is Oc1ccc(C2Nc3ccccc3-c3ncnn4ccc2c34)cc1O. The van der Waals surface area contributed by atoms with E-state index in [-0.39, 0.29) is 17.5 Å². The van der Waals surface area contributed by atoms with Gasteiger partial charge in [-0.1, -0.05) is 24.3 Å². The molecule has 3 N–H and O–H groups in total. The molecule has 0 saturated carbocycles. The van der Waals surface area contributed by atoms with E-state index in [1.165, 1.54) is 6.07 Å². The minimum Gasteiger partial charge on any atom is -0.504 e. The summed E-state index contributed by atoms with van der Waals surface area (Å²) in [5.74, 6) is -0.277. The number of nitrogens with zero attached hydrogens (tertiary/aromatic N) is 3. The van der Waals surface area contributed by atoms with Gasteiger partial charge < -0.3 is 15.5 Å². The molecular formula is C19H14N4O2. The summed E-state index contributed by atoms with van der Waals surface area (Å²) in [7, 11) is 0. The van der Waals surface area contributed by atoms with Crippen LogP contribution in [-0.4, -0.2) is 24.8 Å². The number of aromatic hydroxyl groups is 2. The number of benzene rings is 2. The summed E-state index contributed by atoms with van der Waals surface area (Å²) >= 11 is 0. The Bertz CT molecular complexity index is 1120. The first-order valence-electron chi connectivity index (χ1n) is 7.92. The smallest absolute Gasteiger partial charge is 0.157 e. The fourth-order valence-electron chi connectivity index (χ4n) is 3.44. The summed E-state index contributed by atoms with van der Waals surface area (Å²) in [5.41, 5.74) is 5.60. The van der Waals surface area contributed by atoms with Crippen molar-refractivity contribution in [3.8, 4) is 22.8 Å². The molecule has 6 nitrogen and oxygen atoms in total. The quantitative estimate of drug-likeness (QED) is 0.466. The zero-order valence-electron chi connectivity index (χ0n) is 13.1. The number of hydrogen-bond donors (Lipinski definition) is 3. The summed E-state index contributed by atoms with van der Waals surface area (Å²) in [6.45, 7) is 0. The van der Waals surface area contributed by atoms with E-state index < -0.39 is 0 Å². The Labute approximate surface area is 143 Å². The first-order chi connectivity index (χ1) is 12.2. The van der Waals surface area contributed by atoms with Crippen molar-refractivity contribution >= 4 is 11.2 Å². The Morgan fingerprint density at radius 3 is 2.76 bits per heavy atom. The molecule has 4 aromatic rings. The molecule has 2 aromatic carbocycles. The van der Waals surface area contributed by atoms with Gasteiger partial charge in [-0.25, -0.2) is 9.50 Å². The van der Waals surface area contributed by atoms with Gasteiger partial charge in [-0.3, -0.25) is 0 Å². The van der Waals surface area contributed by atoms with Crippen LogP contribution in [0.2, 0.25) is 0 Å². The number of aromatic nitrogens is 3. The van der Waals surface area contributed by atoms with Crippen LogP contribution in [0.3, 0.4) is 0 Å². The molecule has 0 saturated heterocycles. The van der Waals surface area contributed by atoms with Gasteiger partial charge >= 0.3 is 0 Å². The monoisotopic (exact) mass is 330 g/mol. The Hall–Kier alpha value is -3.54. The van der Waals surface area contributed by atoms with Crippen molar-refractivity contribution in [2.75, 3.05) is 5.32 Å². The lowest BCUT2D eigenvalue weighted by Gasteiger charge is -2.19. The number of hydrogen-bond acceptors (Lipinski definition) is 5. The molecule has 0 spiro atoms. The number of phenolic OH excluding ortho intramolecular Hbond substituents is 2. The molecular weight excluding hydrogens is 316 g/mol. The third-order valence-electron chi connectivity index (χ3n) is 4.61. The first-order valence-corrected chi connectivity index (χ1v) is 7.92. The minimum absolute atomic E-state index is 0.136. The van der Waals surface area contributed by atoms with Crippen LogP contribution in [0.5, 0.6) is 11.5 Å².